The van der Waals surface area contributed by atoms with Crippen molar-refractivity contribution in [2.45, 2.75) is 26.2 Å². The van der Waals surface area contributed by atoms with Gasteiger partial charge in [0.1, 0.15) is 0 Å². The van der Waals surface area contributed by atoms with E-state index in [-0.39, 0.29) is 11.8 Å². The van der Waals surface area contributed by atoms with Gasteiger partial charge in [-0.25, -0.2) is 0 Å². The Morgan fingerprint density at radius 2 is 2.00 bits per heavy atom. The molecule has 2 nitrogen and oxygen atoms in total. The van der Waals surface area contributed by atoms with E-state index in [1.165, 1.54) is 6.42 Å². The molecular formula is C13H17NO. The van der Waals surface area contributed by atoms with E-state index in [1.807, 2.05) is 30.3 Å². The predicted molar refractivity (Wildman–Crippen MR) is 61.6 cm³/mol. The van der Waals surface area contributed by atoms with E-state index in [1.54, 1.807) is 0 Å². The molecule has 80 valence electrons. The lowest BCUT2D eigenvalue weighted by Gasteiger charge is -2.10. The van der Waals surface area contributed by atoms with E-state index in [0.29, 0.717) is 5.92 Å². The van der Waals surface area contributed by atoms with Crippen LogP contribution >= 0.6 is 0 Å². The summed E-state index contributed by atoms with van der Waals surface area (Å²) in [7, 11) is 0. The van der Waals surface area contributed by atoms with Crippen molar-refractivity contribution >= 4 is 11.6 Å². The van der Waals surface area contributed by atoms with Crippen molar-refractivity contribution in [1.29, 1.82) is 0 Å². The zero-order chi connectivity index (χ0) is 10.7. The second-order valence-electron chi connectivity index (χ2n) is 4.47. The fourth-order valence-electron chi connectivity index (χ4n) is 2.21. The van der Waals surface area contributed by atoms with Gasteiger partial charge in [-0.2, -0.15) is 0 Å². The van der Waals surface area contributed by atoms with Crippen molar-refractivity contribution in [3.8, 4) is 0 Å². The molecule has 0 bridgehead atoms. The number of para-hydroxylation sites is 1. The van der Waals surface area contributed by atoms with Crippen LogP contribution in [0.15, 0.2) is 30.3 Å². The minimum absolute atomic E-state index is 0.186. The Morgan fingerprint density at radius 3 is 2.60 bits per heavy atom. The second-order valence-corrected chi connectivity index (χ2v) is 4.47. The molecule has 0 saturated heterocycles. The van der Waals surface area contributed by atoms with Gasteiger partial charge in [0.15, 0.2) is 0 Å². The first kappa shape index (κ1) is 10.2. The molecule has 0 heterocycles. The molecule has 0 radical (unpaired) electrons. The van der Waals surface area contributed by atoms with Crippen molar-refractivity contribution in [3.05, 3.63) is 30.3 Å². The molecule has 0 spiro atoms. The summed E-state index contributed by atoms with van der Waals surface area (Å²) in [5, 5.41) is 2.97. The zero-order valence-electron chi connectivity index (χ0n) is 9.07. The van der Waals surface area contributed by atoms with Crippen molar-refractivity contribution in [2.24, 2.45) is 11.8 Å². The summed E-state index contributed by atoms with van der Waals surface area (Å²) in [6, 6.07) is 9.68. The minimum atomic E-state index is 0.186. The highest BCUT2D eigenvalue weighted by molar-refractivity contribution is 5.92. The molecule has 1 amide bonds. The van der Waals surface area contributed by atoms with Gasteiger partial charge in [0.2, 0.25) is 5.91 Å². The van der Waals surface area contributed by atoms with Gasteiger partial charge in [0, 0.05) is 11.6 Å². The van der Waals surface area contributed by atoms with E-state index in [4.69, 9.17) is 0 Å². The van der Waals surface area contributed by atoms with Crippen LogP contribution in [0.1, 0.15) is 26.2 Å². The summed E-state index contributed by atoms with van der Waals surface area (Å²) in [5.74, 6) is 1.11. The lowest BCUT2D eigenvalue weighted by molar-refractivity contribution is -0.119. The van der Waals surface area contributed by atoms with Gasteiger partial charge in [-0.3, -0.25) is 4.79 Å². The lowest BCUT2D eigenvalue weighted by Crippen LogP contribution is -2.20. The summed E-state index contributed by atoms with van der Waals surface area (Å²) < 4.78 is 0. The minimum Gasteiger partial charge on any atom is -0.326 e. The average molecular weight is 203 g/mol. The summed E-state index contributed by atoms with van der Waals surface area (Å²) in [4.78, 5) is 11.8. The average Bonchev–Trinajstić information content (AvgIpc) is 2.66. The number of rotatable bonds is 2. The predicted octanol–water partition coefficient (Wildman–Crippen LogP) is 3.06. The smallest absolute Gasteiger partial charge is 0.227 e. The van der Waals surface area contributed by atoms with Crippen LogP contribution in [0.5, 0.6) is 0 Å². The molecule has 1 unspecified atom stereocenters. The Bertz CT molecular complexity index is 334. The Hall–Kier alpha value is -1.31. The monoisotopic (exact) mass is 203 g/mol. The number of anilines is 1. The zero-order valence-corrected chi connectivity index (χ0v) is 9.07. The molecule has 0 aromatic heterocycles. The van der Waals surface area contributed by atoms with Crippen LogP contribution in [0.3, 0.4) is 0 Å². The maximum atomic E-state index is 11.8. The highest BCUT2D eigenvalue weighted by atomic mass is 16.1. The first-order chi connectivity index (χ1) is 7.25. The standard InChI is InChI=1S/C13H17NO/c1-10-7-8-11(9-10)13(15)14-12-5-3-2-4-6-12/h2-6,10-11H,7-9H2,1H3,(H,14,15)/t10-,11?/m0/s1. The molecular weight excluding hydrogens is 186 g/mol. The van der Waals surface area contributed by atoms with E-state index >= 15 is 0 Å². The molecule has 2 rings (SSSR count). The van der Waals surface area contributed by atoms with Crippen LogP contribution in [0.2, 0.25) is 0 Å². The number of benzene rings is 1. The number of amides is 1. The Morgan fingerprint density at radius 1 is 1.27 bits per heavy atom. The number of carbonyl (C=O) groups excluding carboxylic acids is 1. The molecule has 1 N–H and O–H groups in total. The van der Waals surface area contributed by atoms with Gasteiger partial charge in [0.25, 0.3) is 0 Å². The normalized spacial score (nSPS) is 25.1. The van der Waals surface area contributed by atoms with E-state index in [0.717, 1.165) is 18.5 Å². The Labute approximate surface area is 90.7 Å². The van der Waals surface area contributed by atoms with Crippen molar-refractivity contribution in [1.82, 2.24) is 0 Å². The lowest BCUT2D eigenvalue weighted by atomic mass is 10.1. The molecule has 1 aromatic carbocycles. The van der Waals surface area contributed by atoms with Gasteiger partial charge >= 0.3 is 0 Å². The van der Waals surface area contributed by atoms with Gasteiger partial charge in [-0.1, -0.05) is 25.1 Å². The number of carbonyl (C=O) groups is 1. The first-order valence-electron chi connectivity index (χ1n) is 5.61. The molecule has 15 heavy (non-hydrogen) atoms. The molecule has 1 aliphatic carbocycles. The van der Waals surface area contributed by atoms with Crippen LogP contribution < -0.4 is 5.32 Å². The summed E-state index contributed by atoms with van der Waals surface area (Å²) in [6.07, 6.45) is 3.27. The van der Waals surface area contributed by atoms with E-state index in [2.05, 4.69) is 12.2 Å². The van der Waals surface area contributed by atoms with E-state index in [9.17, 15) is 4.79 Å². The van der Waals surface area contributed by atoms with Gasteiger partial charge in [-0.15, -0.1) is 0 Å². The summed E-state index contributed by atoms with van der Waals surface area (Å²) in [5.41, 5.74) is 0.905. The van der Waals surface area contributed by atoms with Crippen LogP contribution in [0.25, 0.3) is 0 Å². The number of hydrogen-bond donors (Lipinski definition) is 1. The van der Waals surface area contributed by atoms with Gasteiger partial charge in [-0.05, 0) is 37.3 Å². The van der Waals surface area contributed by atoms with Gasteiger partial charge in [0.05, 0.1) is 0 Å². The summed E-state index contributed by atoms with van der Waals surface area (Å²) in [6.45, 7) is 2.22. The largest absolute Gasteiger partial charge is 0.326 e. The molecule has 2 atom stereocenters. The highest BCUT2D eigenvalue weighted by Gasteiger charge is 2.27. The molecule has 0 aliphatic heterocycles. The Balaban J connectivity index is 1.93. The van der Waals surface area contributed by atoms with Crippen molar-refractivity contribution < 1.29 is 4.79 Å². The maximum absolute atomic E-state index is 11.8. The fraction of sp³-hybridized carbons (Fsp3) is 0.462. The van der Waals surface area contributed by atoms with E-state index < -0.39 is 0 Å². The first-order valence-corrected chi connectivity index (χ1v) is 5.61. The number of hydrogen-bond acceptors (Lipinski definition) is 1. The quantitative estimate of drug-likeness (QED) is 0.786. The number of nitrogens with one attached hydrogen (secondary N) is 1. The molecule has 2 heteroatoms. The second kappa shape index (κ2) is 4.47. The third-order valence-electron chi connectivity index (χ3n) is 3.11. The molecule has 1 aromatic rings. The third-order valence-corrected chi connectivity index (χ3v) is 3.11. The molecule has 1 aliphatic rings. The van der Waals surface area contributed by atoms with Crippen molar-refractivity contribution in [3.63, 3.8) is 0 Å². The van der Waals surface area contributed by atoms with Crippen molar-refractivity contribution in [2.75, 3.05) is 5.32 Å². The van der Waals surface area contributed by atoms with Crippen LogP contribution in [-0.2, 0) is 4.79 Å². The highest BCUT2D eigenvalue weighted by Crippen LogP contribution is 2.31. The Kier molecular flexibility index (Phi) is 3.05. The SMILES string of the molecule is C[C@H]1CCC(C(=O)Nc2ccccc2)C1. The topological polar surface area (TPSA) is 29.1 Å². The van der Waals surface area contributed by atoms with Crippen LogP contribution in [0.4, 0.5) is 5.69 Å². The molecule has 1 fully saturated rings. The van der Waals surface area contributed by atoms with Gasteiger partial charge < -0.3 is 5.32 Å². The van der Waals surface area contributed by atoms with Crippen LogP contribution in [0, 0.1) is 11.8 Å². The fourth-order valence-corrected chi connectivity index (χ4v) is 2.21. The third kappa shape index (κ3) is 2.58. The molecule has 1 saturated carbocycles. The van der Waals surface area contributed by atoms with Crippen LogP contribution in [-0.4, -0.2) is 5.91 Å². The maximum Gasteiger partial charge on any atom is 0.227 e. The summed E-state index contributed by atoms with van der Waals surface area (Å²) >= 11 is 0.